The highest BCUT2D eigenvalue weighted by Crippen LogP contribution is 2.37. The number of alkyl halides is 6. The van der Waals surface area contributed by atoms with Crippen LogP contribution < -0.4 is 0 Å². The molecule has 0 aliphatic rings. The van der Waals surface area contributed by atoms with Gasteiger partial charge in [0.2, 0.25) is 0 Å². The van der Waals surface area contributed by atoms with Crippen molar-refractivity contribution in [2.24, 2.45) is 0 Å². The van der Waals surface area contributed by atoms with Gasteiger partial charge in [-0.15, -0.1) is 6.58 Å². The van der Waals surface area contributed by atoms with E-state index in [9.17, 15) is 31.4 Å². The molecule has 0 amide bonds. The molecule has 1 unspecified atom stereocenters. The molecule has 100 valence electrons. The van der Waals surface area contributed by atoms with E-state index in [-0.39, 0.29) is 6.07 Å². The molecule has 1 aromatic rings. The Bertz CT molecular complexity index is 414. The van der Waals surface area contributed by atoms with Crippen LogP contribution in [-0.2, 0) is 12.4 Å². The molecule has 1 N–H and O–H groups in total. The largest absolute Gasteiger partial charge is 0.416 e. The maximum Gasteiger partial charge on any atom is 0.416 e. The van der Waals surface area contributed by atoms with Gasteiger partial charge in [-0.05, 0) is 23.8 Å². The van der Waals surface area contributed by atoms with Crippen molar-refractivity contribution in [1.29, 1.82) is 0 Å². The molecule has 1 aromatic carbocycles. The number of aliphatic hydroxyl groups excluding tert-OH is 1. The Morgan fingerprint density at radius 2 is 1.33 bits per heavy atom. The minimum Gasteiger partial charge on any atom is -0.384 e. The zero-order valence-corrected chi connectivity index (χ0v) is 8.81. The number of hydrogen-bond donors (Lipinski definition) is 1. The molecular formula is C11H8F6O. The normalized spacial score (nSPS) is 14.4. The number of benzene rings is 1. The third-order valence-corrected chi connectivity index (χ3v) is 2.17. The molecule has 0 saturated carbocycles. The lowest BCUT2D eigenvalue weighted by molar-refractivity contribution is -0.143. The van der Waals surface area contributed by atoms with E-state index in [1.54, 1.807) is 0 Å². The van der Waals surface area contributed by atoms with Crippen LogP contribution in [-0.4, -0.2) is 5.11 Å². The van der Waals surface area contributed by atoms with Crippen molar-refractivity contribution in [3.63, 3.8) is 0 Å². The summed E-state index contributed by atoms with van der Waals surface area (Å²) in [5, 5.41) is 9.26. The first kappa shape index (κ1) is 14.6. The van der Waals surface area contributed by atoms with Crippen molar-refractivity contribution < 1.29 is 31.4 Å². The second-order valence-electron chi connectivity index (χ2n) is 3.52. The Kier molecular flexibility index (Phi) is 3.75. The van der Waals surface area contributed by atoms with Gasteiger partial charge in [-0.1, -0.05) is 6.08 Å². The van der Waals surface area contributed by atoms with E-state index in [1.807, 2.05) is 0 Å². The minimum absolute atomic E-state index is 0.000686. The summed E-state index contributed by atoms with van der Waals surface area (Å²) in [7, 11) is 0. The summed E-state index contributed by atoms with van der Waals surface area (Å²) in [6, 6.07) is 0.919. The van der Waals surface area contributed by atoms with E-state index in [4.69, 9.17) is 0 Å². The van der Waals surface area contributed by atoms with Crippen molar-refractivity contribution >= 4 is 0 Å². The zero-order chi connectivity index (χ0) is 14.1. The van der Waals surface area contributed by atoms with E-state index in [0.717, 1.165) is 6.08 Å². The first-order valence-electron chi connectivity index (χ1n) is 4.65. The van der Waals surface area contributed by atoms with Crippen molar-refractivity contribution in [2.45, 2.75) is 18.5 Å². The highest BCUT2D eigenvalue weighted by Gasteiger charge is 2.37. The van der Waals surface area contributed by atoms with Crippen molar-refractivity contribution in [2.75, 3.05) is 0 Å². The molecule has 0 saturated heterocycles. The Morgan fingerprint density at radius 3 is 1.61 bits per heavy atom. The van der Waals surface area contributed by atoms with Gasteiger partial charge in [0.25, 0.3) is 0 Å². The van der Waals surface area contributed by atoms with Crippen LogP contribution >= 0.6 is 0 Å². The van der Waals surface area contributed by atoms with Gasteiger partial charge in [0.15, 0.2) is 0 Å². The van der Waals surface area contributed by atoms with Crippen LogP contribution in [0.1, 0.15) is 22.8 Å². The van der Waals surface area contributed by atoms with Gasteiger partial charge in [0, 0.05) is 0 Å². The lowest BCUT2D eigenvalue weighted by Gasteiger charge is -2.15. The fraction of sp³-hybridized carbons (Fsp3) is 0.273. The molecule has 0 heterocycles. The number of halogens is 6. The summed E-state index contributed by atoms with van der Waals surface area (Å²) in [5.74, 6) is 0. The van der Waals surface area contributed by atoms with E-state index in [2.05, 4.69) is 6.58 Å². The fourth-order valence-corrected chi connectivity index (χ4v) is 1.29. The third-order valence-electron chi connectivity index (χ3n) is 2.17. The molecule has 0 bridgehead atoms. The van der Waals surface area contributed by atoms with Gasteiger partial charge >= 0.3 is 12.4 Å². The van der Waals surface area contributed by atoms with Crippen molar-refractivity contribution in [3.8, 4) is 0 Å². The third kappa shape index (κ3) is 3.25. The zero-order valence-electron chi connectivity index (χ0n) is 8.81. The molecule has 0 aromatic heterocycles. The molecule has 7 heteroatoms. The Hall–Kier alpha value is -1.50. The van der Waals surface area contributed by atoms with Gasteiger partial charge in [0.05, 0.1) is 17.2 Å². The fourth-order valence-electron chi connectivity index (χ4n) is 1.29. The summed E-state index contributed by atoms with van der Waals surface area (Å²) < 4.78 is 74.6. The molecular weight excluding hydrogens is 262 g/mol. The molecule has 1 atom stereocenters. The SMILES string of the molecule is C=CC(O)c1cc(C(F)(F)F)cc(C(F)(F)F)c1. The summed E-state index contributed by atoms with van der Waals surface area (Å²) in [6.45, 7) is 3.11. The maximum absolute atomic E-state index is 12.4. The van der Waals surface area contributed by atoms with Crippen molar-refractivity contribution in [1.82, 2.24) is 0 Å². The lowest BCUT2D eigenvalue weighted by atomic mass is 10.0. The molecule has 0 fully saturated rings. The summed E-state index contributed by atoms with van der Waals surface area (Å²) in [4.78, 5) is 0. The van der Waals surface area contributed by atoms with Gasteiger partial charge in [-0.25, -0.2) is 0 Å². The topological polar surface area (TPSA) is 20.2 Å². The standard InChI is InChI=1S/C11H8F6O/c1-2-9(18)6-3-7(10(12,13)14)5-8(4-6)11(15,16)17/h2-5,9,18H,1H2. The first-order chi connectivity index (χ1) is 8.05. The van der Waals surface area contributed by atoms with Crippen LogP contribution in [0.3, 0.4) is 0 Å². The first-order valence-corrected chi connectivity index (χ1v) is 4.65. The second kappa shape index (κ2) is 4.64. The van der Waals surface area contributed by atoms with Gasteiger partial charge < -0.3 is 5.11 Å². The summed E-state index contributed by atoms with van der Waals surface area (Å²) in [5.41, 5.74) is -3.44. The van der Waals surface area contributed by atoms with Crippen molar-refractivity contribution in [3.05, 3.63) is 47.5 Å². The number of hydrogen-bond acceptors (Lipinski definition) is 1. The van der Waals surface area contributed by atoms with Crippen LogP contribution in [0, 0.1) is 0 Å². The van der Waals surface area contributed by atoms with Crippen LogP contribution in [0.25, 0.3) is 0 Å². The molecule has 18 heavy (non-hydrogen) atoms. The highest BCUT2D eigenvalue weighted by molar-refractivity contribution is 5.35. The van der Waals surface area contributed by atoms with E-state index < -0.39 is 35.1 Å². The lowest BCUT2D eigenvalue weighted by Crippen LogP contribution is -2.12. The van der Waals surface area contributed by atoms with E-state index in [1.165, 1.54) is 0 Å². The minimum atomic E-state index is -4.92. The Balaban J connectivity index is 3.43. The smallest absolute Gasteiger partial charge is 0.384 e. The quantitative estimate of drug-likeness (QED) is 0.637. The van der Waals surface area contributed by atoms with Gasteiger partial charge in [-0.2, -0.15) is 26.3 Å². The van der Waals surface area contributed by atoms with Crippen LogP contribution in [0.4, 0.5) is 26.3 Å². The Labute approximate surface area is 98.4 Å². The molecule has 1 nitrogen and oxygen atoms in total. The van der Waals surface area contributed by atoms with E-state index in [0.29, 0.717) is 12.1 Å². The van der Waals surface area contributed by atoms with E-state index >= 15 is 0 Å². The highest BCUT2D eigenvalue weighted by atomic mass is 19.4. The van der Waals surface area contributed by atoms with Gasteiger partial charge in [-0.3, -0.25) is 0 Å². The average molecular weight is 270 g/mol. The van der Waals surface area contributed by atoms with Crippen LogP contribution in [0.15, 0.2) is 30.9 Å². The predicted molar refractivity (Wildman–Crippen MR) is 51.6 cm³/mol. The average Bonchev–Trinajstić information content (AvgIpc) is 2.25. The second-order valence-corrected chi connectivity index (χ2v) is 3.52. The number of aliphatic hydroxyl groups is 1. The maximum atomic E-state index is 12.4. The summed E-state index contributed by atoms with van der Waals surface area (Å²) in [6.07, 6.45) is -10.6. The molecule has 0 radical (unpaired) electrons. The molecule has 0 spiro atoms. The predicted octanol–water partition coefficient (Wildman–Crippen LogP) is 3.94. The Morgan fingerprint density at radius 1 is 0.944 bits per heavy atom. The molecule has 0 aliphatic heterocycles. The monoisotopic (exact) mass is 270 g/mol. The molecule has 0 aliphatic carbocycles. The van der Waals surface area contributed by atoms with Crippen LogP contribution in [0.2, 0.25) is 0 Å². The van der Waals surface area contributed by atoms with Crippen LogP contribution in [0.5, 0.6) is 0 Å². The molecule has 1 rings (SSSR count). The number of rotatable bonds is 2. The van der Waals surface area contributed by atoms with Gasteiger partial charge in [0.1, 0.15) is 0 Å². The summed E-state index contributed by atoms with van der Waals surface area (Å²) >= 11 is 0.